The van der Waals surface area contributed by atoms with E-state index in [2.05, 4.69) is 34.8 Å². The summed E-state index contributed by atoms with van der Waals surface area (Å²) in [6, 6.07) is 6.84. The third-order valence-corrected chi connectivity index (χ3v) is 3.38. The number of rotatable bonds is 8. The van der Waals surface area contributed by atoms with Crippen LogP contribution in [0.15, 0.2) is 29.3 Å². The van der Waals surface area contributed by atoms with Gasteiger partial charge in [-0.2, -0.15) is 0 Å². The van der Waals surface area contributed by atoms with Crippen molar-refractivity contribution in [1.82, 2.24) is 16.0 Å². The predicted octanol–water partition coefficient (Wildman–Crippen LogP) is 2.67. The van der Waals surface area contributed by atoms with Crippen LogP contribution < -0.4 is 16.0 Å². The number of guanidine groups is 1. The minimum Gasteiger partial charge on any atom is -0.357 e. The van der Waals surface area contributed by atoms with Gasteiger partial charge in [-0.1, -0.05) is 25.4 Å². The maximum Gasteiger partial charge on any atom is 0.251 e. The highest BCUT2D eigenvalue weighted by Gasteiger charge is 2.04. The molecule has 0 unspecified atom stereocenters. The number of halogens is 1. The Balaban J connectivity index is 2.32. The smallest absolute Gasteiger partial charge is 0.251 e. The Morgan fingerprint density at radius 1 is 1.13 bits per heavy atom. The molecule has 0 saturated heterocycles. The molecule has 0 fully saturated rings. The SMILES string of the molecule is CCNC(=NCCC(C)C)NCCNC(=O)c1ccc(Cl)cc1. The van der Waals surface area contributed by atoms with E-state index in [0.29, 0.717) is 29.6 Å². The van der Waals surface area contributed by atoms with E-state index in [1.165, 1.54) is 0 Å². The molecule has 1 aromatic rings. The third-order valence-electron chi connectivity index (χ3n) is 3.13. The summed E-state index contributed by atoms with van der Waals surface area (Å²) < 4.78 is 0. The molecular formula is C17H27ClN4O. The molecule has 0 saturated carbocycles. The van der Waals surface area contributed by atoms with E-state index in [9.17, 15) is 4.79 Å². The number of amides is 1. The molecule has 5 nitrogen and oxygen atoms in total. The van der Waals surface area contributed by atoms with Gasteiger partial charge in [-0.25, -0.2) is 0 Å². The number of carbonyl (C=O) groups is 1. The lowest BCUT2D eigenvalue weighted by Crippen LogP contribution is -2.41. The van der Waals surface area contributed by atoms with Gasteiger partial charge >= 0.3 is 0 Å². The average Bonchev–Trinajstić information content (AvgIpc) is 2.51. The summed E-state index contributed by atoms with van der Waals surface area (Å²) in [5.74, 6) is 1.32. The highest BCUT2D eigenvalue weighted by molar-refractivity contribution is 6.30. The number of hydrogen-bond acceptors (Lipinski definition) is 2. The molecule has 1 amide bonds. The molecule has 0 bridgehead atoms. The highest BCUT2D eigenvalue weighted by atomic mass is 35.5. The standard InChI is InChI=1S/C17H27ClN4O/c1-4-19-17(21-10-9-13(2)3)22-12-11-20-16(23)14-5-7-15(18)8-6-14/h5-8,13H,4,9-12H2,1-3H3,(H,20,23)(H2,19,21,22). The van der Waals surface area contributed by atoms with Gasteiger partial charge in [-0.05, 0) is 43.5 Å². The molecule has 0 heterocycles. The van der Waals surface area contributed by atoms with Crippen molar-refractivity contribution in [2.24, 2.45) is 10.9 Å². The Morgan fingerprint density at radius 2 is 1.78 bits per heavy atom. The van der Waals surface area contributed by atoms with Crippen molar-refractivity contribution >= 4 is 23.5 Å². The van der Waals surface area contributed by atoms with Crippen LogP contribution in [0, 0.1) is 5.92 Å². The van der Waals surface area contributed by atoms with Crippen molar-refractivity contribution in [2.75, 3.05) is 26.2 Å². The van der Waals surface area contributed by atoms with Crippen LogP contribution in [-0.4, -0.2) is 38.0 Å². The van der Waals surface area contributed by atoms with E-state index in [1.54, 1.807) is 24.3 Å². The molecule has 0 atom stereocenters. The predicted molar refractivity (Wildman–Crippen MR) is 97.2 cm³/mol. The number of nitrogens with one attached hydrogen (secondary N) is 3. The van der Waals surface area contributed by atoms with Crippen molar-refractivity contribution in [3.05, 3.63) is 34.9 Å². The monoisotopic (exact) mass is 338 g/mol. The topological polar surface area (TPSA) is 65.5 Å². The highest BCUT2D eigenvalue weighted by Crippen LogP contribution is 2.09. The van der Waals surface area contributed by atoms with E-state index < -0.39 is 0 Å². The van der Waals surface area contributed by atoms with Crippen molar-refractivity contribution in [2.45, 2.75) is 27.2 Å². The van der Waals surface area contributed by atoms with Crippen molar-refractivity contribution in [1.29, 1.82) is 0 Å². The lowest BCUT2D eigenvalue weighted by atomic mass is 10.1. The second-order valence-corrected chi connectivity index (χ2v) is 6.07. The molecule has 1 aromatic carbocycles. The fourth-order valence-electron chi connectivity index (χ4n) is 1.84. The molecule has 0 radical (unpaired) electrons. The summed E-state index contributed by atoms with van der Waals surface area (Å²) in [7, 11) is 0. The van der Waals surface area contributed by atoms with Crippen molar-refractivity contribution in [3.63, 3.8) is 0 Å². The molecule has 0 spiro atoms. The van der Waals surface area contributed by atoms with Gasteiger partial charge in [0.15, 0.2) is 5.96 Å². The molecular weight excluding hydrogens is 312 g/mol. The van der Waals surface area contributed by atoms with Crippen molar-refractivity contribution < 1.29 is 4.79 Å². The number of carbonyl (C=O) groups excluding carboxylic acids is 1. The summed E-state index contributed by atoms with van der Waals surface area (Å²) in [6.07, 6.45) is 1.06. The van der Waals surface area contributed by atoms with E-state index in [1.807, 2.05) is 6.92 Å². The summed E-state index contributed by atoms with van der Waals surface area (Å²) in [5.41, 5.74) is 0.604. The van der Waals surface area contributed by atoms with Crippen molar-refractivity contribution in [3.8, 4) is 0 Å². The largest absolute Gasteiger partial charge is 0.357 e. The lowest BCUT2D eigenvalue weighted by Gasteiger charge is -2.12. The molecule has 128 valence electrons. The van der Waals surface area contributed by atoms with E-state index in [0.717, 1.165) is 25.5 Å². The Kier molecular flexibility index (Phi) is 9.14. The lowest BCUT2D eigenvalue weighted by molar-refractivity contribution is 0.0954. The van der Waals surface area contributed by atoms with Gasteiger partial charge in [0.05, 0.1) is 0 Å². The first-order valence-electron chi connectivity index (χ1n) is 8.09. The quantitative estimate of drug-likeness (QED) is 0.388. The summed E-state index contributed by atoms with van der Waals surface area (Å²) in [6.45, 7) is 9.14. The number of benzene rings is 1. The maximum absolute atomic E-state index is 11.9. The van der Waals surface area contributed by atoms with Crippen LogP contribution >= 0.6 is 11.6 Å². The Morgan fingerprint density at radius 3 is 2.39 bits per heavy atom. The van der Waals surface area contributed by atoms with Gasteiger partial charge in [0.1, 0.15) is 0 Å². The zero-order valence-corrected chi connectivity index (χ0v) is 14.9. The first-order valence-corrected chi connectivity index (χ1v) is 8.46. The number of nitrogens with zero attached hydrogens (tertiary/aromatic N) is 1. The zero-order valence-electron chi connectivity index (χ0n) is 14.2. The minimum absolute atomic E-state index is 0.106. The second-order valence-electron chi connectivity index (χ2n) is 5.63. The molecule has 6 heteroatoms. The molecule has 0 aromatic heterocycles. The van der Waals surface area contributed by atoms with E-state index >= 15 is 0 Å². The van der Waals surface area contributed by atoms with Gasteiger partial charge in [-0.15, -0.1) is 0 Å². The summed E-state index contributed by atoms with van der Waals surface area (Å²) >= 11 is 5.81. The maximum atomic E-state index is 11.9. The summed E-state index contributed by atoms with van der Waals surface area (Å²) in [5, 5.41) is 9.89. The van der Waals surface area contributed by atoms with Crippen LogP contribution in [0.25, 0.3) is 0 Å². The van der Waals surface area contributed by atoms with Gasteiger partial charge in [0.2, 0.25) is 0 Å². The molecule has 1 rings (SSSR count). The molecule has 0 aliphatic heterocycles. The van der Waals surface area contributed by atoms with Crippen LogP contribution in [0.3, 0.4) is 0 Å². The van der Waals surface area contributed by atoms with Gasteiger partial charge in [0, 0.05) is 36.8 Å². The van der Waals surface area contributed by atoms with Gasteiger partial charge in [0.25, 0.3) is 5.91 Å². The Hall–Kier alpha value is -1.75. The first-order chi connectivity index (χ1) is 11.0. The van der Waals surface area contributed by atoms with Gasteiger partial charge < -0.3 is 16.0 Å². The number of hydrogen-bond donors (Lipinski definition) is 3. The first kappa shape index (κ1) is 19.3. The molecule has 3 N–H and O–H groups in total. The molecule has 0 aliphatic rings. The third kappa shape index (κ3) is 8.45. The van der Waals surface area contributed by atoms with Gasteiger partial charge in [-0.3, -0.25) is 9.79 Å². The fraction of sp³-hybridized carbons (Fsp3) is 0.529. The summed E-state index contributed by atoms with van der Waals surface area (Å²) in [4.78, 5) is 16.5. The van der Waals surface area contributed by atoms with E-state index in [-0.39, 0.29) is 5.91 Å². The normalized spacial score (nSPS) is 11.4. The molecule has 0 aliphatic carbocycles. The second kappa shape index (κ2) is 10.9. The number of aliphatic imine (C=N–C) groups is 1. The van der Waals surface area contributed by atoms with Crippen LogP contribution in [0.1, 0.15) is 37.6 Å². The Bertz CT molecular complexity index is 500. The van der Waals surface area contributed by atoms with Crippen LogP contribution in [0.2, 0.25) is 5.02 Å². The molecule has 23 heavy (non-hydrogen) atoms. The average molecular weight is 339 g/mol. The Labute approximate surface area is 143 Å². The zero-order chi connectivity index (χ0) is 17.1. The van der Waals surface area contributed by atoms with Crippen LogP contribution in [0.5, 0.6) is 0 Å². The van der Waals surface area contributed by atoms with Crippen LogP contribution in [-0.2, 0) is 0 Å². The minimum atomic E-state index is -0.106. The van der Waals surface area contributed by atoms with E-state index in [4.69, 9.17) is 11.6 Å². The fourth-order valence-corrected chi connectivity index (χ4v) is 1.96. The van der Waals surface area contributed by atoms with Crippen LogP contribution in [0.4, 0.5) is 0 Å².